The zero-order valence-corrected chi connectivity index (χ0v) is 66.4. The number of esters is 4. The Morgan fingerprint density at radius 3 is 0.687 bits per heavy atom. The molecule has 0 heterocycles. The van der Waals surface area contributed by atoms with Crippen LogP contribution < -0.4 is 0 Å². The summed E-state index contributed by atoms with van der Waals surface area (Å²) in [6.07, 6.45) is 64.0. The van der Waals surface area contributed by atoms with E-state index in [-0.39, 0.29) is 25.7 Å². The third-order valence-electron chi connectivity index (χ3n) is 18.8. The van der Waals surface area contributed by atoms with Gasteiger partial charge in [0.15, 0.2) is 12.2 Å². The minimum absolute atomic E-state index is 0.108. The molecule has 0 radical (unpaired) electrons. The molecule has 0 saturated heterocycles. The third kappa shape index (κ3) is 74.1. The normalized spacial score (nSPS) is 13.9. The molecule has 588 valence electrons. The summed E-state index contributed by atoms with van der Waals surface area (Å²) in [5.74, 6) is -1.31. The Morgan fingerprint density at radius 2 is 0.465 bits per heavy atom. The molecular weight excluding hydrogens is 1290 g/mol. The number of carbonyl (C=O) groups excluding carboxylic acids is 4. The Kier molecular flexibility index (Phi) is 71.6. The average molecular weight is 1450 g/mol. The number of rotatable bonds is 80. The monoisotopic (exact) mass is 1450 g/mol. The maximum atomic E-state index is 13.1. The fourth-order valence-electron chi connectivity index (χ4n) is 12.4. The lowest BCUT2D eigenvalue weighted by Gasteiger charge is -2.21. The molecule has 0 rings (SSSR count). The Bertz CT molecular complexity index is 1890. The topological polar surface area (TPSA) is 237 Å². The van der Waals surface area contributed by atoms with Gasteiger partial charge in [0.05, 0.1) is 26.4 Å². The third-order valence-corrected chi connectivity index (χ3v) is 20.7. The molecule has 0 bridgehead atoms. The summed E-state index contributed by atoms with van der Waals surface area (Å²) in [7, 11) is -9.91. The Labute approximate surface area is 607 Å². The zero-order chi connectivity index (χ0) is 72.7. The maximum Gasteiger partial charge on any atom is 0.472 e. The van der Waals surface area contributed by atoms with E-state index >= 15 is 0 Å². The smallest absolute Gasteiger partial charge is 0.462 e. The van der Waals surface area contributed by atoms with Crippen molar-refractivity contribution >= 4 is 39.5 Å². The van der Waals surface area contributed by atoms with Gasteiger partial charge in [-0.05, 0) is 31.6 Å². The summed E-state index contributed by atoms with van der Waals surface area (Å²) in [5, 5.41) is 10.6. The lowest BCUT2D eigenvalue weighted by molar-refractivity contribution is -0.161. The Balaban J connectivity index is 5.18. The molecule has 2 unspecified atom stereocenters. The summed E-state index contributed by atoms with van der Waals surface area (Å²) >= 11 is 0. The summed E-state index contributed by atoms with van der Waals surface area (Å²) in [6, 6.07) is 0. The van der Waals surface area contributed by atoms with E-state index in [0.29, 0.717) is 25.7 Å². The number of ether oxygens (including phenoxy) is 4. The van der Waals surface area contributed by atoms with Crippen LogP contribution in [0.15, 0.2) is 0 Å². The molecule has 0 fully saturated rings. The molecular formula is C80H156O17P2. The van der Waals surface area contributed by atoms with E-state index in [1.165, 1.54) is 238 Å². The molecule has 0 aromatic carbocycles. The van der Waals surface area contributed by atoms with Gasteiger partial charge in [0.1, 0.15) is 19.3 Å². The second-order valence-corrected chi connectivity index (χ2v) is 32.2. The van der Waals surface area contributed by atoms with Crippen molar-refractivity contribution in [2.24, 2.45) is 5.92 Å². The van der Waals surface area contributed by atoms with Gasteiger partial charge in [-0.2, -0.15) is 0 Å². The van der Waals surface area contributed by atoms with Crippen LogP contribution in [-0.2, 0) is 65.4 Å². The van der Waals surface area contributed by atoms with E-state index < -0.39 is 97.5 Å². The molecule has 5 atom stereocenters. The first-order chi connectivity index (χ1) is 48.0. The van der Waals surface area contributed by atoms with Crippen molar-refractivity contribution in [3.8, 4) is 0 Å². The second-order valence-electron chi connectivity index (χ2n) is 29.3. The highest BCUT2D eigenvalue weighted by atomic mass is 31.2. The van der Waals surface area contributed by atoms with Gasteiger partial charge in [-0.15, -0.1) is 0 Å². The molecule has 0 saturated carbocycles. The minimum Gasteiger partial charge on any atom is -0.462 e. The van der Waals surface area contributed by atoms with Gasteiger partial charge in [0, 0.05) is 25.7 Å². The van der Waals surface area contributed by atoms with Crippen LogP contribution in [0.25, 0.3) is 0 Å². The van der Waals surface area contributed by atoms with E-state index in [0.717, 1.165) is 109 Å². The van der Waals surface area contributed by atoms with Crippen molar-refractivity contribution in [2.45, 2.75) is 445 Å². The van der Waals surface area contributed by atoms with Crippen LogP contribution in [0.1, 0.15) is 426 Å². The van der Waals surface area contributed by atoms with Gasteiger partial charge in [0.2, 0.25) is 0 Å². The number of hydrogen-bond donors (Lipinski definition) is 3. The van der Waals surface area contributed by atoms with Crippen LogP contribution in [-0.4, -0.2) is 96.7 Å². The van der Waals surface area contributed by atoms with E-state index in [1.807, 2.05) is 0 Å². The predicted octanol–water partition coefficient (Wildman–Crippen LogP) is 24.0. The van der Waals surface area contributed by atoms with Crippen LogP contribution in [0, 0.1) is 5.92 Å². The SMILES string of the molecule is CCCCCCCCCCCCCCCCCCCCCCC(=O)O[C@H](COC(=O)CCCCCCCCCCCCCCCCC(C)C)COP(=O)(O)OC[C@@H](O)COP(=O)(O)OC[C@@H](COC(=O)CCCCCCCCC)OC(=O)CCCCCCCCCCCCCCCCC. The average Bonchev–Trinajstić information content (AvgIpc) is 0.970. The van der Waals surface area contributed by atoms with Crippen molar-refractivity contribution < 1.29 is 80.2 Å². The quantitative estimate of drug-likeness (QED) is 0.0222. The molecule has 0 aromatic heterocycles. The summed E-state index contributed by atoms with van der Waals surface area (Å²) < 4.78 is 68.6. The van der Waals surface area contributed by atoms with Crippen molar-refractivity contribution in [3.63, 3.8) is 0 Å². The first kappa shape index (κ1) is 97.1. The van der Waals surface area contributed by atoms with E-state index in [4.69, 9.17) is 37.0 Å². The van der Waals surface area contributed by atoms with Crippen molar-refractivity contribution in [1.82, 2.24) is 0 Å². The van der Waals surface area contributed by atoms with Crippen LogP contribution in [0.2, 0.25) is 0 Å². The fraction of sp³-hybridized carbons (Fsp3) is 0.950. The lowest BCUT2D eigenvalue weighted by Crippen LogP contribution is -2.30. The highest BCUT2D eigenvalue weighted by Crippen LogP contribution is 2.45. The van der Waals surface area contributed by atoms with Crippen LogP contribution in [0.3, 0.4) is 0 Å². The number of hydrogen-bond acceptors (Lipinski definition) is 15. The summed E-state index contributed by atoms with van der Waals surface area (Å²) in [6.45, 7) is 7.31. The molecule has 0 aliphatic carbocycles. The fourth-order valence-corrected chi connectivity index (χ4v) is 14.0. The maximum absolute atomic E-state index is 13.1. The number of aliphatic hydroxyl groups is 1. The standard InChI is InChI=1S/C80H156O17P2/c1-6-9-12-15-18-20-22-24-26-27-28-29-30-32-38-42-46-51-56-61-66-80(85)97-76(70-91-78(83)64-59-54-49-44-40-36-34-33-35-39-43-48-52-57-62-73(4)5)72-95-99(88,89)93-68-74(81)67-92-98(86,87)94-71-75(69-90-77(82)63-58-53-47-17-14-11-8-3)96-79(84)65-60-55-50-45-41-37-31-25-23-21-19-16-13-10-7-2/h73-76,81H,6-72H2,1-5H3,(H,86,87)(H,88,89)/t74-,75+,76+/m0/s1. The van der Waals surface area contributed by atoms with Gasteiger partial charge in [-0.1, -0.05) is 375 Å². The van der Waals surface area contributed by atoms with Gasteiger partial charge in [-0.3, -0.25) is 37.3 Å². The van der Waals surface area contributed by atoms with Crippen molar-refractivity contribution in [1.29, 1.82) is 0 Å². The summed E-state index contributed by atoms with van der Waals surface area (Å²) in [5.41, 5.74) is 0. The van der Waals surface area contributed by atoms with Crippen molar-refractivity contribution in [2.75, 3.05) is 39.6 Å². The number of phosphoric acid groups is 2. The molecule has 0 amide bonds. The van der Waals surface area contributed by atoms with Crippen LogP contribution in [0.5, 0.6) is 0 Å². The zero-order valence-electron chi connectivity index (χ0n) is 64.6. The number of unbranched alkanes of at least 4 members (excludes halogenated alkanes) is 52. The molecule has 0 spiro atoms. The first-order valence-corrected chi connectivity index (χ1v) is 44.6. The van der Waals surface area contributed by atoms with E-state index in [9.17, 15) is 43.2 Å². The summed E-state index contributed by atoms with van der Waals surface area (Å²) in [4.78, 5) is 72.8. The van der Waals surface area contributed by atoms with Gasteiger partial charge < -0.3 is 33.8 Å². The Morgan fingerprint density at radius 1 is 0.273 bits per heavy atom. The molecule has 0 aliphatic rings. The van der Waals surface area contributed by atoms with Gasteiger partial charge >= 0.3 is 39.5 Å². The molecule has 19 heteroatoms. The van der Waals surface area contributed by atoms with Crippen molar-refractivity contribution in [3.05, 3.63) is 0 Å². The van der Waals surface area contributed by atoms with Crippen LogP contribution >= 0.6 is 15.6 Å². The lowest BCUT2D eigenvalue weighted by atomic mass is 10.0. The number of phosphoric ester groups is 2. The molecule has 0 aliphatic heterocycles. The van der Waals surface area contributed by atoms with E-state index in [2.05, 4.69) is 34.6 Å². The van der Waals surface area contributed by atoms with Gasteiger partial charge in [0.25, 0.3) is 0 Å². The molecule has 17 nitrogen and oxygen atoms in total. The second kappa shape index (κ2) is 73.0. The predicted molar refractivity (Wildman–Crippen MR) is 405 cm³/mol. The van der Waals surface area contributed by atoms with Crippen LogP contribution in [0.4, 0.5) is 0 Å². The minimum atomic E-state index is -4.96. The Hall–Kier alpha value is -1.94. The molecule has 3 N–H and O–H groups in total. The molecule has 99 heavy (non-hydrogen) atoms. The first-order valence-electron chi connectivity index (χ1n) is 41.6. The largest absolute Gasteiger partial charge is 0.472 e. The highest BCUT2D eigenvalue weighted by Gasteiger charge is 2.30. The van der Waals surface area contributed by atoms with Gasteiger partial charge in [-0.25, -0.2) is 9.13 Å². The number of carbonyl (C=O) groups is 4. The highest BCUT2D eigenvalue weighted by molar-refractivity contribution is 7.47. The van der Waals surface area contributed by atoms with E-state index in [1.54, 1.807) is 0 Å². The number of aliphatic hydroxyl groups excluding tert-OH is 1. The molecule has 0 aromatic rings.